The van der Waals surface area contributed by atoms with Crippen LogP contribution in [-0.4, -0.2) is 25.4 Å². The maximum atomic E-state index is 13.1. The molecule has 136 valence electrons. The van der Waals surface area contributed by atoms with Crippen LogP contribution < -0.4 is 10.7 Å². The Balaban J connectivity index is 1.95. The van der Waals surface area contributed by atoms with E-state index in [1.807, 2.05) is 0 Å². The number of phenols is 1. The van der Waals surface area contributed by atoms with Crippen LogP contribution in [0.25, 0.3) is 22.1 Å². The molecule has 0 bridgehead atoms. The Hall–Kier alpha value is -2.70. The van der Waals surface area contributed by atoms with Crippen molar-refractivity contribution in [1.29, 1.82) is 0 Å². The van der Waals surface area contributed by atoms with Gasteiger partial charge in [0.15, 0.2) is 0 Å². The molecule has 1 aromatic heterocycles. The van der Waals surface area contributed by atoms with Gasteiger partial charge in [-0.1, -0.05) is 12.1 Å². The second-order valence-electron chi connectivity index (χ2n) is 5.95. The number of aromatic hydroxyl groups is 1. The molecule has 6 heteroatoms. The summed E-state index contributed by atoms with van der Waals surface area (Å²) in [4.78, 5) is 12.8. The third-order valence-electron chi connectivity index (χ3n) is 4.18. The highest BCUT2D eigenvalue weighted by Gasteiger charge is 2.15. The zero-order valence-corrected chi connectivity index (χ0v) is 14.4. The van der Waals surface area contributed by atoms with Crippen molar-refractivity contribution in [2.75, 3.05) is 20.3 Å². The molecular formula is C20H20FNO4. The molecule has 1 heterocycles. The molecule has 0 radical (unpaired) electrons. The Labute approximate surface area is 150 Å². The minimum absolute atomic E-state index is 0.0643. The minimum Gasteiger partial charge on any atom is -0.507 e. The monoisotopic (exact) mass is 357 g/mol. The summed E-state index contributed by atoms with van der Waals surface area (Å²) >= 11 is 0. The quantitative estimate of drug-likeness (QED) is 0.634. The lowest BCUT2D eigenvalue weighted by Crippen LogP contribution is -2.17. The van der Waals surface area contributed by atoms with E-state index in [1.54, 1.807) is 7.11 Å². The van der Waals surface area contributed by atoms with Gasteiger partial charge in [0.25, 0.3) is 0 Å². The minimum atomic E-state index is -0.370. The summed E-state index contributed by atoms with van der Waals surface area (Å²) in [6, 6.07) is 8.69. The van der Waals surface area contributed by atoms with Crippen molar-refractivity contribution < 1.29 is 18.7 Å². The average Bonchev–Trinajstić information content (AvgIpc) is 2.64. The molecule has 0 spiro atoms. The van der Waals surface area contributed by atoms with Gasteiger partial charge in [-0.3, -0.25) is 4.79 Å². The van der Waals surface area contributed by atoms with E-state index in [0.29, 0.717) is 47.4 Å². The fourth-order valence-electron chi connectivity index (χ4n) is 2.80. The molecule has 0 unspecified atom stereocenters. The molecule has 0 atom stereocenters. The summed E-state index contributed by atoms with van der Waals surface area (Å²) in [5.74, 6) is -0.305. The van der Waals surface area contributed by atoms with E-state index in [1.165, 1.54) is 42.7 Å². The maximum absolute atomic E-state index is 13.1. The first kappa shape index (κ1) is 18.1. The first-order valence-corrected chi connectivity index (χ1v) is 8.33. The van der Waals surface area contributed by atoms with Crippen LogP contribution >= 0.6 is 0 Å². The molecule has 0 aliphatic rings. The van der Waals surface area contributed by atoms with Crippen LogP contribution in [0, 0.1) is 5.82 Å². The number of fused-ring (bicyclic) bond motifs is 1. The standard InChI is InChI=1S/C20H20FNO4/c1-25-10-2-9-22-11-16-18(23)8-7-15-19(24)17(12-26-20(15)16)13-3-5-14(21)6-4-13/h3-8,12,22-23H,2,9-11H2,1H3. The third-order valence-corrected chi connectivity index (χ3v) is 4.18. The summed E-state index contributed by atoms with van der Waals surface area (Å²) in [7, 11) is 1.64. The predicted octanol–water partition coefficient (Wildman–Crippen LogP) is 3.43. The van der Waals surface area contributed by atoms with E-state index < -0.39 is 0 Å². The smallest absolute Gasteiger partial charge is 0.200 e. The van der Waals surface area contributed by atoms with E-state index >= 15 is 0 Å². The summed E-state index contributed by atoms with van der Waals surface area (Å²) in [6.07, 6.45) is 2.19. The van der Waals surface area contributed by atoms with Crippen LogP contribution in [0.3, 0.4) is 0 Å². The lowest BCUT2D eigenvalue weighted by atomic mass is 10.0. The molecular weight excluding hydrogens is 337 g/mol. The van der Waals surface area contributed by atoms with Crippen LogP contribution in [0.1, 0.15) is 12.0 Å². The first-order valence-electron chi connectivity index (χ1n) is 8.33. The van der Waals surface area contributed by atoms with E-state index in [2.05, 4.69) is 5.32 Å². The molecule has 0 aliphatic heterocycles. The number of phenolic OH excluding ortho intramolecular Hbond substituents is 1. The SMILES string of the molecule is COCCCNCc1c(O)ccc2c(=O)c(-c3ccc(F)cc3)coc12. The average molecular weight is 357 g/mol. The number of benzene rings is 2. The summed E-state index contributed by atoms with van der Waals surface area (Å²) in [6.45, 7) is 1.72. The van der Waals surface area contributed by atoms with Gasteiger partial charge in [-0.2, -0.15) is 0 Å². The number of rotatable bonds is 7. The predicted molar refractivity (Wildman–Crippen MR) is 97.7 cm³/mol. The molecule has 0 saturated heterocycles. The van der Waals surface area contributed by atoms with Crippen molar-refractivity contribution in [3.05, 3.63) is 64.3 Å². The molecule has 5 nitrogen and oxygen atoms in total. The Morgan fingerprint density at radius 1 is 1.19 bits per heavy atom. The van der Waals surface area contributed by atoms with Crippen molar-refractivity contribution in [1.82, 2.24) is 5.32 Å². The fourth-order valence-corrected chi connectivity index (χ4v) is 2.80. The van der Waals surface area contributed by atoms with Crippen LogP contribution in [0.4, 0.5) is 4.39 Å². The number of methoxy groups -OCH3 is 1. The second kappa shape index (κ2) is 8.12. The number of hydrogen-bond acceptors (Lipinski definition) is 5. The zero-order chi connectivity index (χ0) is 18.5. The Morgan fingerprint density at radius 3 is 2.69 bits per heavy atom. The van der Waals surface area contributed by atoms with E-state index in [-0.39, 0.29) is 17.0 Å². The number of hydrogen-bond donors (Lipinski definition) is 2. The normalized spacial score (nSPS) is 11.2. The van der Waals surface area contributed by atoms with Crippen LogP contribution in [0.2, 0.25) is 0 Å². The van der Waals surface area contributed by atoms with Crippen LogP contribution in [0.5, 0.6) is 5.75 Å². The van der Waals surface area contributed by atoms with Gasteiger partial charge < -0.3 is 19.6 Å². The first-order chi connectivity index (χ1) is 12.6. The third kappa shape index (κ3) is 3.76. The summed E-state index contributed by atoms with van der Waals surface area (Å²) in [5, 5.41) is 13.7. The van der Waals surface area contributed by atoms with Crippen LogP contribution in [-0.2, 0) is 11.3 Å². The lowest BCUT2D eigenvalue weighted by Gasteiger charge is -2.10. The van der Waals surface area contributed by atoms with E-state index in [4.69, 9.17) is 9.15 Å². The molecule has 3 aromatic rings. The summed E-state index contributed by atoms with van der Waals surface area (Å²) in [5.41, 5.74) is 1.58. The Morgan fingerprint density at radius 2 is 1.96 bits per heavy atom. The highest BCUT2D eigenvalue weighted by molar-refractivity contribution is 5.85. The Kier molecular flexibility index (Phi) is 5.65. The molecule has 0 amide bonds. The van der Waals surface area contributed by atoms with Gasteiger partial charge >= 0.3 is 0 Å². The van der Waals surface area contributed by atoms with Gasteiger partial charge in [-0.15, -0.1) is 0 Å². The highest BCUT2D eigenvalue weighted by Crippen LogP contribution is 2.28. The van der Waals surface area contributed by atoms with Gasteiger partial charge in [0.2, 0.25) is 5.43 Å². The van der Waals surface area contributed by atoms with Crippen LogP contribution in [0.15, 0.2) is 51.9 Å². The molecule has 26 heavy (non-hydrogen) atoms. The number of halogens is 1. The van der Waals surface area contributed by atoms with E-state index in [0.717, 1.165) is 6.42 Å². The maximum Gasteiger partial charge on any atom is 0.200 e. The van der Waals surface area contributed by atoms with Gasteiger partial charge in [0.1, 0.15) is 23.4 Å². The largest absolute Gasteiger partial charge is 0.507 e. The topological polar surface area (TPSA) is 71.7 Å². The molecule has 0 saturated carbocycles. The molecule has 3 rings (SSSR count). The zero-order valence-electron chi connectivity index (χ0n) is 14.4. The van der Waals surface area contributed by atoms with Crippen molar-refractivity contribution >= 4 is 11.0 Å². The van der Waals surface area contributed by atoms with Crippen molar-refractivity contribution in [3.8, 4) is 16.9 Å². The molecule has 2 aromatic carbocycles. The van der Waals surface area contributed by atoms with Gasteiger partial charge in [0.05, 0.1) is 16.5 Å². The Bertz CT molecular complexity index is 950. The molecule has 2 N–H and O–H groups in total. The number of nitrogens with one attached hydrogen (secondary N) is 1. The van der Waals surface area contributed by atoms with Gasteiger partial charge in [-0.05, 0) is 42.8 Å². The van der Waals surface area contributed by atoms with Gasteiger partial charge in [0, 0.05) is 20.3 Å². The second-order valence-corrected chi connectivity index (χ2v) is 5.95. The van der Waals surface area contributed by atoms with E-state index in [9.17, 15) is 14.3 Å². The number of ether oxygens (including phenoxy) is 1. The van der Waals surface area contributed by atoms with Crippen molar-refractivity contribution in [2.24, 2.45) is 0 Å². The van der Waals surface area contributed by atoms with Crippen molar-refractivity contribution in [3.63, 3.8) is 0 Å². The fraction of sp³-hybridized carbons (Fsp3) is 0.250. The van der Waals surface area contributed by atoms with Gasteiger partial charge in [-0.25, -0.2) is 4.39 Å². The highest BCUT2D eigenvalue weighted by atomic mass is 19.1. The summed E-state index contributed by atoms with van der Waals surface area (Å²) < 4.78 is 23.8. The molecule has 0 aliphatic carbocycles. The lowest BCUT2D eigenvalue weighted by molar-refractivity contribution is 0.194. The molecule has 0 fully saturated rings. The van der Waals surface area contributed by atoms with Crippen molar-refractivity contribution in [2.45, 2.75) is 13.0 Å².